The maximum absolute atomic E-state index is 3.93. The molecule has 88 valence electrons. The van der Waals surface area contributed by atoms with E-state index in [4.69, 9.17) is 0 Å². The summed E-state index contributed by atoms with van der Waals surface area (Å²) in [6, 6.07) is 1.68. The maximum atomic E-state index is 3.93. The lowest BCUT2D eigenvalue weighted by atomic mass is 9.99. The molecular weight excluding hydrogens is 202 g/mol. The molecule has 15 heavy (non-hydrogen) atoms. The van der Waals surface area contributed by atoms with Gasteiger partial charge in [-0.3, -0.25) is 0 Å². The molecule has 1 nitrogen and oxygen atoms in total. The Morgan fingerprint density at radius 3 is 2.73 bits per heavy atom. The molecule has 0 radical (unpaired) electrons. The van der Waals surface area contributed by atoms with E-state index in [9.17, 15) is 0 Å². The highest BCUT2D eigenvalue weighted by atomic mass is 32.2. The molecule has 0 saturated heterocycles. The van der Waals surface area contributed by atoms with E-state index in [2.05, 4.69) is 30.3 Å². The van der Waals surface area contributed by atoms with E-state index < -0.39 is 0 Å². The monoisotopic (exact) mass is 227 g/mol. The molecule has 1 N–H and O–H groups in total. The Morgan fingerprint density at radius 1 is 1.20 bits per heavy atom. The average Bonchev–Trinajstić information content (AvgIpc) is 2.87. The third-order valence-corrected chi connectivity index (χ3v) is 5.45. The summed E-state index contributed by atoms with van der Waals surface area (Å²) < 4.78 is 0. The van der Waals surface area contributed by atoms with E-state index in [0.717, 1.165) is 23.3 Å². The van der Waals surface area contributed by atoms with Crippen LogP contribution in [0, 0.1) is 5.92 Å². The summed E-state index contributed by atoms with van der Waals surface area (Å²) in [7, 11) is 0. The maximum Gasteiger partial charge on any atom is 0.00978 e. The van der Waals surface area contributed by atoms with Crippen molar-refractivity contribution in [3.8, 4) is 0 Å². The Labute approximate surface area is 98.8 Å². The van der Waals surface area contributed by atoms with Crippen LogP contribution in [0.2, 0.25) is 0 Å². The molecule has 0 aliphatic heterocycles. The van der Waals surface area contributed by atoms with E-state index in [1.54, 1.807) is 0 Å². The normalized spacial score (nSPS) is 41.2. The first-order valence-electron chi connectivity index (χ1n) is 6.62. The van der Waals surface area contributed by atoms with Crippen LogP contribution in [0.3, 0.4) is 0 Å². The second kappa shape index (κ2) is 5.58. The Hall–Kier alpha value is 0.310. The number of hydrogen-bond donors (Lipinski definition) is 1. The van der Waals surface area contributed by atoms with Crippen molar-refractivity contribution in [1.29, 1.82) is 0 Å². The van der Waals surface area contributed by atoms with Crippen molar-refractivity contribution in [2.24, 2.45) is 5.92 Å². The zero-order chi connectivity index (χ0) is 10.7. The minimum Gasteiger partial charge on any atom is -0.311 e. The van der Waals surface area contributed by atoms with Gasteiger partial charge in [0.15, 0.2) is 0 Å². The Bertz CT molecular complexity index is 195. The van der Waals surface area contributed by atoms with Crippen molar-refractivity contribution < 1.29 is 0 Å². The molecule has 0 amide bonds. The highest BCUT2D eigenvalue weighted by Gasteiger charge is 2.30. The van der Waals surface area contributed by atoms with Crippen LogP contribution >= 0.6 is 11.8 Å². The first kappa shape index (κ1) is 11.8. The molecule has 2 rings (SSSR count). The second-order valence-corrected chi connectivity index (χ2v) is 6.38. The van der Waals surface area contributed by atoms with Crippen molar-refractivity contribution in [3.05, 3.63) is 0 Å². The van der Waals surface area contributed by atoms with Gasteiger partial charge in [0.1, 0.15) is 0 Å². The van der Waals surface area contributed by atoms with Crippen molar-refractivity contribution >= 4 is 11.8 Å². The molecular formula is C13H25NS. The van der Waals surface area contributed by atoms with Gasteiger partial charge in [0.25, 0.3) is 0 Å². The van der Waals surface area contributed by atoms with E-state index in [0.29, 0.717) is 0 Å². The molecule has 0 heterocycles. The fraction of sp³-hybridized carbons (Fsp3) is 1.00. The van der Waals surface area contributed by atoms with Gasteiger partial charge in [-0.15, -0.1) is 0 Å². The largest absolute Gasteiger partial charge is 0.311 e. The highest BCUT2D eigenvalue weighted by molar-refractivity contribution is 7.99. The standard InChI is InChI=1S/C13H25NS/c1-3-10-5-4-6-13(10)14-11-7-8-12(9-11)15-2/h10-14H,3-9H2,1-2H3. The predicted molar refractivity (Wildman–Crippen MR) is 69.5 cm³/mol. The predicted octanol–water partition coefficient (Wildman–Crippen LogP) is 3.44. The smallest absolute Gasteiger partial charge is 0.00978 e. The molecule has 2 fully saturated rings. The van der Waals surface area contributed by atoms with Crippen LogP contribution in [0.5, 0.6) is 0 Å². The van der Waals surface area contributed by atoms with Crippen LogP contribution in [0.25, 0.3) is 0 Å². The van der Waals surface area contributed by atoms with Crippen LogP contribution < -0.4 is 5.32 Å². The summed E-state index contributed by atoms with van der Waals surface area (Å²) in [6.07, 6.45) is 12.2. The Morgan fingerprint density at radius 2 is 2.07 bits per heavy atom. The van der Waals surface area contributed by atoms with Crippen molar-refractivity contribution in [1.82, 2.24) is 5.32 Å². The molecule has 4 atom stereocenters. The van der Waals surface area contributed by atoms with Gasteiger partial charge in [-0.2, -0.15) is 11.8 Å². The lowest BCUT2D eigenvalue weighted by molar-refractivity contribution is 0.349. The van der Waals surface area contributed by atoms with Crippen LogP contribution in [0.1, 0.15) is 51.9 Å². The van der Waals surface area contributed by atoms with Crippen LogP contribution in [0.15, 0.2) is 0 Å². The first-order valence-corrected chi connectivity index (χ1v) is 7.91. The molecule has 4 unspecified atom stereocenters. The summed E-state index contributed by atoms with van der Waals surface area (Å²) >= 11 is 2.06. The molecule has 0 bridgehead atoms. The van der Waals surface area contributed by atoms with Crippen LogP contribution in [0.4, 0.5) is 0 Å². The Kier molecular flexibility index (Phi) is 4.39. The summed E-state index contributed by atoms with van der Waals surface area (Å²) in [5.74, 6) is 0.971. The quantitative estimate of drug-likeness (QED) is 0.789. The van der Waals surface area contributed by atoms with Crippen molar-refractivity contribution in [2.45, 2.75) is 69.2 Å². The zero-order valence-corrected chi connectivity index (χ0v) is 11.0. The minimum atomic E-state index is 0.833. The fourth-order valence-electron chi connectivity index (χ4n) is 3.35. The first-order chi connectivity index (χ1) is 7.33. The third-order valence-electron chi connectivity index (χ3n) is 4.35. The molecule has 2 saturated carbocycles. The minimum absolute atomic E-state index is 0.833. The molecule has 2 heteroatoms. The van der Waals surface area contributed by atoms with Gasteiger partial charge in [0.05, 0.1) is 0 Å². The molecule has 2 aliphatic carbocycles. The van der Waals surface area contributed by atoms with Gasteiger partial charge < -0.3 is 5.32 Å². The number of thioether (sulfide) groups is 1. The van der Waals surface area contributed by atoms with Gasteiger partial charge in [-0.05, 0) is 44.3 Å². The second-order valence-electron chi connectivity index (χ2n) is 5.24. The molecule has 0 aromatic carbocycles. The van der Waals surface area contributed by atoms with Gasteiger partial charge >= 0.3 is 0 Å². The lowest BCUT2D eigenvalue weighted by Gasteiger charge is -2.24. The fourth-order valence-corrected chi connectivity index (χ4v) is 4.15. The van der Waals surface area contributed by atoms with Crippen LogP contribution in [-0.4, -0.2) is 23.6 Å². The lowest BCUT2D eigenvalue weighted by Crippen LogP contribution is -2.39. The third kappa shape index (κ3) is 2.91. The summed E-state index contributed by atoms with van der Waals surface area (Å²) in [5, 5.41) is 4.86. The summed E-state index contributed by atoms with van der Waals surface area (Å²) in [4.78, 5) is 0. The van der Waals surface area contributed by atoms with E-state index in [1.165, 1.54) is 44.9 Å². The van der Waals surface area contributed by atoms with Gasteiger partial charge in [0, 0.05) is 17.3 Å². The van der Waals surface area contributed by atoms with E-state index >= 15 is 0 Å². The molecule has 2 aliphatic rings. The topological polar surface area (TPSA) is 12.0 Å². The van der Waals surface area contributed by atoms with Gasteiger partial charge in [-0.1, -0.05) is 19.8 Å². The number of nitrogens with one attached hydrogen (secondary N) is 1. The summed E-state index contributed by atoms with van der Waals surface area (Å²) in [5.41, 5.74) is 0. The van der Waals surface area contributed by atoms with E-state index in [1.807, 2.05) is 0 Å². The molecule has 0 aromatic rings. The summed E-state index contributed by atoms with van der Waals surface area (Å²) in [6.45, 7) is 2.35. The Balaban J connectivity index is 1.77. The molecule has 0 aromatic heterocycles. The number of rotatable bonds is 4. The van der Waals surface area contributed by atoms with Crippen molar-refractivity contribution in [3.63, 3.8) is 0 Å². The van der Waals surface area contributed by atoms with Gasteiger partial charge in [-0.25, -0.2) is 0 Å². The SMILES string of the molecule is CCC1CCCC1NC1CCC(SC)C1. The highest BCUT2D eigenvalue weighted by Crippen LogP contribution is 2.32. The van der Waals surface area contributed by atoms with E-state index in [-0.39, 0.29) is 0 Å². The van der Waals surface area contributed by atoms with Crippen LogP contribution in [-0.2, 0) is 0 Å². The van der Waals surface area contributed by atoms with Crippen molar-refractivity contribution in [2.75, 3.05) is 6.26 Å². The average molecular weight is 227 g/mol. The number of hydrogen-bond acceptors (Lipinski definition) is 2. The zero-order valence-electron chi connectivity index (χ0n) is 10.2. The molecule has 0 spiro atoms. The van der Waals surface area contributed by atoms with Gasteiger partial charge in [0.2, 0.25) is 0 Å².